The number of aromatic nitrogens is 3. The normalized spacial score (nSPS) is 16.9. The van der Waals surface area contributed by atoms with Crippen LogP contribution in [0.1, 0.15) is 25.8 Å². The monoisotopic (exact) mass is 604 g/mol. The van der Waals surface area contributed by atoms with Crippen molar-refractivity contribution >= 4 is 36.4 Å². The molecule has 0 aliphatic carbocycles. The minimum Gasteiger partial charge on any atom is -0.444 e. The fourth-order valence-electron chi connectivity index (χ4n) is 4.95. The largest absolute Gasteiger partial charge is 0.444 e. The van der Waals surface area contributed by atoms with E-state index in [2.05, 4.69) is 15.4 Å². The maximum atomic E-state index is 15.1. The quantitative estimate of drug-likeness (QED) is 0.351. The second-order valence-electron chi connectivity index (χ2n) is 9.84. The lowest BCUT2D eigenvalue weighted by Gasteiger charge is -2.41. The van der Waals surface area contributed by atoms with Crippen molar-refractivity contribution in [2.24, 2.45) is 5.10 Å². The van der Waals surface area contributed by atoms with Crippen molar-refractivity contribution in [2.45, 2.75) is 31.9 Å². The molecule has 12 nitrogen and oxygen atoms in total. The van der Waals surface area contributed by atoms with Crippen LogP contribution in [0.25, 0.3) is 5.69 Å². The van der Waals surface area contributed by atoms with Crippen LogP contribution in [0.5, 0.6) is 0 Å². The maximum Gasteiger partial charge on any atom is 0.324 e. The van der Waals surface area contributed by atoms with Gasteiger partial charge in [0.15, 0.2) is 6.73 Å². The van der Waals surface area contributed by atoms with Crippen LogP contribution in [0, 0.1) is 11.6 Å². The van der Waals surface area contributed by atoms with Gasteiger partial charge in [-0.05, 0) is 37.3 Å². The van der Waals surface area contributed by atoms with Crippen LogP contribution in [0.2, 0.25) is 0 Å². The minimum atomic E-state index is -1.98. The fraction of sp³-hybridized carbons (Fsp3) is 0.370. The smallest absolute Gasteiger partial charge is 0.324 e. The van der Waals surface area contributed by atoms with E-state index in [0.717, 1.165) is 11.8 Å². The maximum absolute atomic E-state index is 15.1. The van der Waals surface area contributed by atoms with Gasteiger partial charge in [-0.2, -0.15) is 5.10 Å². The number of hydrogen-bond acceptors (Lipinski definition) is 9. The van der Waals surface area contributed by atoms with Crippen molar-refractivity contribution in [3.63, 3.8) is 0 Å². The lowest BCUT2D eigenvalue weighted by molar-refractivity contribution is -0.146. The first kappa shape index (κ1) is 30.7. The number of β-amino-alcohol motifs (C(OH)–C–C–N with tert-alkyl or cyclic N) is 1. The van der Waals surface area contributed by atoms with E-state index in [-0.39, 0.29) is 62.9 Å². The van der Waals surface area contributed by atoms with Crippen molar-refractivity contribution in [3.05, 3.63) is 72.1 Å². The number of ether oxygens (including phenoxy) is 1. The fourth-order valence-corrected chi connectivity index (χ4v) is 4.95. The Bertz CT molecular complexity index is 1430. The van der Waals surface area contributed by atoms with Gasteiger partial charge >= 0.3 is 12.0 Å². The van der Waals surface area contributed by atoms with Crippen molar-refractivity contribution in [3.8, 4) is 5.69 Å². The Labute approximate surface area is 247 Å². The topological polar surface area (TPSA) is 120 Å². The van der Waals surface area contributed by atoms with E-state index in [1.165, 1.54) is 22.3 Å². The molecule has 3 heterocycles. The number of esters is 1. The highest BCUT2D eigenvalue weighted by Crippen LogP contribution is 2.35. The second kappa shape index (κ2) is 12.7. The number of carbonyl (C=O) groups is 2. The third kappa shape index (κ3) is 6.14. The van der Waals surface area contributed by atoms with E-state index < -0.39 is 23.3 Å². The molecule has 2 amide bonds. The molecule has 3 aromatic rings. The number of aliphatic hydroxyl groups is 1. The van der Waals surface area contributed by atoms with Crippen molar-refractivity contribution in [1.29, 1.82) is 0 Å². The van der Waals surface area contributed by atoms with Gasteiger partial charge in [-0.25, -0.2) is 18.3 Å². The molecule has 2 aromatic carbocycles. The van der Waals surface area contributed by atoms with Crippen molar-refractivity contribution in [1.82, 2.24) is 29.8 Å². The first-order valence-corrected chi connectivity index (χ1v) is 13.1. The lowest BCUT2D eigenvalue weighted by atomic mass is 9.85. The SMILES string of the molecule is CCC(=O)OCN1C=NN(C[C@](O)(c2ccc(F)cc2F)[C@@H](C)N2CCN(c3ccc(-n4ccnn4)cc3)C2=O)C1.Cl. The number of benzene rings is 2. The minimum absolute atomic E-state index is 0. The Hall–Kier alpha value is -4.30. The summed E-state index contributed by atoms with van der Waals surface area (Å²) in [6.07, 6.45) is 4.94. The van der Waals surface area contributed by atoms with Crippen molar-refractivity contribution < 1.29 is 28.2 Å². The molecule has 1 fully saturated rings. The molecule has 42 heavy (non-hydrogen) atoms. The molecule has 0 unspecified atom stereocenters. The van der Waals surface area contributed by atoms with Crippen LogP contribution < -0.4 is 4.90 Å². The molecule has 2 aliphatic rings. The molecule has 2 aliphatic heterocycles. The van der Waals surface area contributed by atoms with E-state index >= 15 is 4.39 Å². The number of amides is 2. The highest BCUT2D eigenvalue weighted by molar-refractivity contribution is 5.94. The number of carbonyl (C=O) groups excluding carboxylic acids is 2. The highest BCUT2D eigenvalue weighted by Gasteiger charge is 2.47. The number of urea groups is 1. The molecular formula is C27H31ClF2N8O4. The van der Waals surface area contributed by atoms with Gasteiger partial charge in [-0.1, -0.05) is 18.2 Å². The van der Waals surface area contributed by atoms with Crippen LogP contribution in [-0.4, -0.2) is 92.3 Å². The summed E-state index contributed by atoms with van der Waals surface area (Å²) >= 11 is 0. The predicted octanol–water partition coefficient (Wildman–Crippen LogP) is 2.91. The van der Waals surface area contributed by atoms with E-state index in [1.54, 1.807) is 52.9 Å². The summed E-state index contributed by atoms with van der Waals surface area (Å²) in [5.74, 6) is -2.11. The Morgan fingerprint density at radius 3 is 2.55 bits per heavy atom. The summed E-state index contributed by atoms with van der Waals surface area (Å²) in [6, 6.07) is 8.83. The number of rotatable bonds is 10. The Balaban J connectivity index is 0.00000405. The van der Waals surface area contributed by atoms with Gasteiger partial charge in [0.1, 0.15) is 30.2 Å². The summed E-state index contributed by atoms with van der Waals surface area (Å²) < 4.78 is 35.7. The number of hydrogen-bond donors (Lipinski definition) is 1. The zero-order valence-electron chi connectivity index (χ0n) is 23.0. The molecule has 1 saturated heterocycles. The summed E-state index contributed by atoms with van der Waals surface area (Å²) in [4.78, 5) is 29.8. The Morgan fingerprint density at radius 2 is 1.88 bits per heavy atom. The molecule has 15 heteroatoms. The first-order chi connectivity index (χ1) is 19.7. The lowest BCUT2D eigenvalue weighted by Crippen LogP contribution is -2.55. The molecule has 2 atom stereocenters. The summed E-state index contributed by atoms with van der Waals surface area (Å²) in [5.41, 5.74) is -0.727. The van der Waals surface area contributed by atoms with Crippen LogP contribution in [0.3, 0.4) is 0 Å². The van der Waals surface area contributed by atoms with Gasteiger partial charge in [0.25, 0.3) is 0 Å². The van der Waals surface area contributed by atoms with Gasteiger partial charge in [-0.3, -0.25) is 14.7 Å². The first-order valence-electron chi connectivity index (χ1n) is 13.1. The average Bonchev–Trinajstić information content (AvgIpc) is 3.73. The molecule has 0 bridgehead atoms. The summed E-state index contributed by atoms with van der Waals surface area (Å²) in [5, 5.41) is 25.6. The third-order valence-corrected chi connectivity index (χ3v) is 7.27. The molecule has 5 rings (SSSR count). The molecule has 1 aromatic heterocycles. The van der Waals surface area contributed by atoms with Crippen LogP contribution in [-0.2, 0) is 15.1 Å². The van der Waals surface area contributed by atoms with Gasteiger partial charge in [0, 0.05) is 36.8 Å². The zero-order valence-corrected chi connectivity index (χ0v) is 23.8. The average molecular weight is 605 g/mol. The number of anilines is 1. The molecule has 1 N–H and O–H groups in total. The standard InChI is InChI=1S/C27H30F2N8O4.ClH/c1-3-25(38)41-18-33-16-31-34(17-33)15-27(40,23-9-4-20(28)14-24(23)29)19(2)35-12-13-36(26(35)39)21-5-7-22(8-6-21)37-11-10-30-32-37;/h4-11,14,16,19,40H,3,12-13,15,17-18H2,1-2H3;1H/t19-,27-;/m1./s1. The van der Waals surface area contributed by atoms with Crippen LogP contribution in [0.4, 0.5) is 19.3 Å². The van der Waals surface area contributed by atoms with Gasteiger partial charge in [0.05, 0.1) is 30.7 Å². The second-order valence-corrected chi connectivity index (χ2v) is 9.84. The van der Waals surface area contributed by atoms with Crippen molar-refractivity contribution in [2.75, 3.05) is 37.9 Å². The van der Waals surface area contributed by atoms with Crippen LogP contribution >= 0.6 is 12.4 Å². The summed E-state index contributed by atoms with van der Waals surface area (Å²) in [6.45, 7) is 3.79. The molecule has 0 saturated carbocycles. The van der Waals surface area contributed by atoms with E-state index in [4.69, 9.17) is 4.74 Å². The van der Waals surface area contributed by atoms with E-state index in [9.17, 15) is 19.1 Å². The highest BCUT2D eigenvalue weighted by atomic mass is 35.5. The third-order valence-electron chi connectivity index (χ3n) is 7.27. The summed E-state index contributed by atoms with van der Waals surface area (Å²) in [7, 11) is 0. The molecule has 224 valence electrons. The molecule has 0 spiro atoms. The van der Waals surface area contributed by atoms with E-state index in [1.807, 2.05) is 12.1 Å². The predicted molar refractivity (Wildman–Crippen MR) is 151 cm³/mol. The number of halogens is 3. The Kier molecular flexibility index (Phi) is 9.27. The van der Waals surface area contributed by atoms with Gasteiger partial charge in [0.2, 0.25) is 0 Å². The molecule has 0 radical (unpaired) electrons. The Morgan fingerprint density at radius 1 is 1.14 bits per heavy atom. The molecular weight excluding hydrogens is 574 g/mol. The van der Waals surface area contributed by atoms with E-state index in [0.29, 0.717) is 18.3 Å². The zero-order chi connectivity index (χ0) is 29.1. The van der Waals surface area contributed by atoms with Gasteiger partial charge in [-0.15, -0.1) is 17.5 Å². The van der Waals surface area contributed by atoms with Crippen LogP contribution in [0.15, 0.2) is 60.0 Å². The van der Waals surface area contributed by atoms with Gasteiger partial charge < -0.3 is 19.6 Å². The number of nitrogens with zero attached hydrogens (tertiary/aromatic N) is 8. The number of hydrazone groups is 1.